The topological polar surface area (TPSA) is 603 Å². The van der Waals surface area contributed by atoms with Crippen LogP contribution in [0, 0.1) is 0 Å². The second-order valence-corrected chi connectivity index (χ2v) is 21.1. The molecule has 84 heavy (non-hydrogen) atoms. The molecule has 0 aromatic rings. The van der Waals surface area contributed by atoms with Crippen molar-refractivity contribution in [1.29, 1.82) is 0 Å². The maximum atomic E-state index is 12.7. The van der Waals surface area contributed by atoms with Crippen LogP contribution in [0.5, 0.6) is 0 Å². The lowest BCUT2D eigenvalue weighted by atomic mass is 9.94. The van der Waals surface area contributed by atoms with Gasteiger partial charge in [0.05, 0.1) is 46.2 Å². The molecule has 0 unspecified atom stereocenters. The van der Waals surface area contributed by atoms with Gasteiger partial charge in [0.1, 0.15) is 171 Å². The molecule has 0 aliphatic carbocycles. The van der Waals surface area contributed by atoms with Gasteiger partial charge in [0.25, 0.3) is 0 Å². The number of carbonyl (C=O) groups is 2. The molecule has 7 rings (SSSR count). The van der Waals surface area contributed by atoms with Crippen molar-refractivity contribution in [3.8, 4) is 0 Å². The van der Waals surface area contributed by atoms with Gasteiger partial charge >= 0.3 is 0 Å². The molecule has 488 valence electrons. The first-order valence-corrected chi connectivity index (χ1v) is 26.6. The van der Waals surface area contributed by atoms with E-state index < -0.39 is 273 Å². The van der Waals surface area contributed by atoms with Gasteiger partial charge in [-0.3, -0.25) is 9.59 Å². The lowest BCUT2D eigenvalue weighted by Gasteiger charge is -2.50. The summed E-state index contributed by atoms with van der Waals surface area (Å²) >= 11 is 0. The van der Waals surface area contributed by atoms with E-state index in [9.17, 15) is 117 Å². The minimum atomic E-state index is -2.37. The maximum Gasteiger partial charge on any atom is 0.217 e. The fourth-order valence-electron chi connectivity index (χ4n) is 10.6. The van der Waals surface area contributed by atoms with Crippen LogP contribution >= 0.6 is 0 Å². The summed E-state index contributed by atoms with van der Waals surface area (Å²) < 4.78 is 73.9. The molecular weight excluding hydrogens is 1160 g/mol. The molecule has 0 aromatic carbocycles. The predicted molar refractivity (Wildman–Crippen MR) is 255 cm³/mol. The molecular formula is C46H78N2O36. The Morgan fingerprint density at radius 3 is 1.08 bits per heavy atom. The van der Waals surface area contributed by atoms with Crippen molar-refractivity contribution in [2.75, 3.05) is 46.2 Å². The van der Waals surface area contributed by atoms with Gasteiger partial charge in [-0.05, 0) is 0 Å². The highest BCUT2D eigenvalue weighted by Crippen LogP contribution is 2.37. The van der Waals surface area contributed by atoms with E-state index in [1.807, 2.05) is 0 Å². The summed E-state index contributed by atoms with van der Waals surface area (Å²) in [5, 5.41) is 230. The smallest absolute Gasteiger partial charge is 0.217 e. The predicted octanol–water partition coefficient (Wildman–Crippen LogP) is -16.0. The van der Waals surface area contributed by atoms with E-state index in [1.165, 1.54) is 0 Å². The van der Waals surface area contributed by atoms with Gasteiger partial charge < -0.3 is 179 Å². The fourth-order valence-corrected chi connectivity index (χ4v) is 10.6. The summed E-state index contributed by atoms with van der Waals surface area (Å²) in [6.07, 6.45) is -64.3. The highest BCUT2D eigenvalue weighted by atomic mass is 16.8. The normalized spacial score (nSPS) is 50.3. The number of aliphatic hydroxyl groups is 21. The minimum absolute atomic E-state index is 0.738. The van der Waals surface area contributed by atoms with E-state index in [0.29, 0.717) is 0 Å². The van der Waals surface area contributed by atoms with E-state index in [2.05, 4.69) is 10.6 Å². The van der Waals surface area contributed by atoms with Crippen molar-refractivity contribution in [3.63, 3.8) is 0 Å². The Labute approximate surface area is 475 Å². The summed E-state index contributed by atoms with van der Waals surface area (Å²) in [5.74, 6) is -1.61. The average molecular weight is 1240 g/mol. The number of ether oxygens (including phenoxy) is 13. The molecule has 23 N–H and O–H groups in total. The third kappa shape index (κ3) is 14.9. The largest absolute Gasteiger partial charge is 0.394 e. The van der Waals surface area contributed by atoms with Crippen LogP contribution in [-0.2, 0) is 71.2 Å². The molecule has 38 nitrogen and oxygen atoms in total. The third-order valence-electron chi connectivity index (χ3n) is 15.3. The first-order valence-electron chi connectivity index (χ1n) is 26.6. The van der Waals surface area contributed by atoms with Crippen molar-refractivity contribution in [2.24, 2.45) is 0 Å². The number of hydrogen-bond acceptors (Lipinski definition) is 36. The Hall–Kier alpha value is -2.42. The van der Waals surface area contributed by atoms with Crippen LogP contribution in [0.1, 0.15) is 13.8 Å². The standard InChI is InChI=1S/C46H78N2O36/c1-10(54)47-19-25(60)36(14(5-51)74-40(19)71)81-41-20(48-11(2)55)26(61)37(15(6-52)77-41)82-46-35(70)39(84-45-33(68)29(64)23(58)17(79-45)8-72-42-31(66)27(62)21(56)12(3-49)75-42)24(59)18(80-46)9-73-43-34(69)30(65)38(16(7-53)78-43)83-44-32(67)28(63)22(57)13(4-50)76-44/h12-46,49-53,56-71H,3-9H2,1-2H3,(H,47,54)(H,48,55)/t12-,13-,14-,15-,16-,17-,18-,19-,20-,21-,22-,23-,24-,25-,26-,27+,28+,29+,30-,31+,32+,33+,34+,35+,36-,37-,38-,39+,40-,41+,42+,43+,44+,45+,46+/m1/s1. The highest BCUT2D eigenvalue weighted by molar-refractivity contribution is 5.73. The SMILES string of the molecule is CC(=O)N[C@@H]1[C@@H](O)[C@H](O[C@@H]2O[C@H](CO)[C@@H](O[C@@H]3O[C@H](CO[C@H]4O[C@H](CO)[C@@H](O[C@@H]5O[C@H](CO)[C@@H](O)[C@H](O)[C@@H]5O)[C@H](O)[C@@H]4O)[C@@H](O)[C@H](O[C@@H]4O[C@H](CO[C@H]5O[C@H](CO)[C@@H](O)[C@H](O)[C@@H]5O)[C@@H](O)[C@H](O)[C@@H]4O)[C@@H]3O)[C@H](O)[C@H]2NC(C)=O)[C@@H](CO)O[C@H]1O. The van der Waals surface area contributed by atoms with E-state index in [1.54, 1.807) is 0 Å². The lowest BCUT2D eigenvalue weighted by molar-refractivity contribution is -0.387. The first kappa shape index (κ1) is 69.1. The quantitative estimate of drug-likeness (QED) is 0.0507. The summed E-state index contributed by atoms with van der Waals surface area (Å²) in [7, 11) is 0. The zero-order valence-electron chi connectivity index (χ0n) is 44.7. The van der Waals surface area contributed by atoms with Gasteiger partial charge in [0.15, 0.2) is 44.0 Å². The fraction of sp³-hybridized carbons (Fsp3) is 0.957. The van der Waals surface area contributed by atoms with Crippen LogP contribution < -0.4 is 10.6 Å². The van der Waals surface area contributed by atoms with E-state index >= 15 is 0 Å². The van der Waals surface area contributed by atoms with Gasteiger partial charge in [-0.2, -0.15) is 0 Å². The first-order chi connectivity index (χ1) is 39.7. The molecule has 7 heterocycles. The van der Waals surface area contributed by atoms with Crippen molar-refractivity contribution in [1.82, 2.24) is 10.6 Å². The number of amides is 2. The minimum Gasteiger partial charge on any atom is -0.394 e. The lowest BCUT2D eigenvalue weighted by Crippen LogP contribution is -2.70. The Bertz CT molecular complexity index is 2060. The average Bonchev–Trinajstić information content (AvgIpc) is 3.67. The monoisotopic (exact) mass is 1230 g/mol. The summed E-state index contributed by atoms with van der Waals surface area (Å²) in [6, 6.07) is -3.37. The Morgan fingerprint density at radius 2 is 0.619 bits per heavy atom. The molecule has 7 fully saturated rings. The van der Waals surface area contributed by atoms with E-state index in [0.717, 1.165) is 13.8 Å². The van der Waals surface area contributed by atoms with E-state index in [-0.39, 0.29) is 0 Å². The van der Waals surface area contributed by atoms with Gasteiger partial charge in [0.2, 0.25) is 11.8 Å². The van der Waals surface area contributed by atoms with Gasteiger partial charge in [0, 0.05) is 13.8 Å². The van der Waals surface area contributed by atoms with Gasteiger partial charge in [-0.15, -0.1) is 0 Å². The van der Waals surface area contributed by atoms with E-state index in [4.69, 9.17) is 61.6 Å². The number of nitrogens with one attached hydrogen (secondary N) is 2. The van der Waals surface area contributed by atoms with Crippen molar-refractivity contribution in [3.05, 3.63) is 0 Å². The van der Waals surface area contributed by atoms with Crippen molar-refractivity contribution >= 4 is 11.8 Å². The second-order valence-electron chi connectivity index (χ2n) is 21.1. The molecule has 0 radical (unpaired) electrons. The Kier molecular flexibility index (Phi) is 24.6. The molecule has 0 bridgehead atoms. The summed E-state index contributed by atoms with van der Waals surface area (Å²) in [5.41, 5.74) is 0. The van der Waals surface area contributed by atoms with Crippen LogP contribution in [0.4, 0.5) is 0 Å². The molecule has 38 heteroatoms. The molecule has 0 spiro atoms. The zero-order valence-corrected chi connectivity index (χ0v) is 44.7. The molecule has 0 saturated carbocycles. The molecule has 7 aliphatic heterocycles. The summed E-state index contributed by atoms with van der Waals surface area (Å²) in [6.45, 7) is -4.64. The molecule has 35 atom stereocenters. The molecule has 7 saturated heterocycles. The van der Waals surface area contributed by atoms with Gasteiger partial charge in [-0.25, -0.2) is 0 Å². The van der Waals surface area contributed by atoms with Crippen LogP contribution in [0.2, 0.25) is 0 Å². The van der Waals surface area contributed by atoms with Crippen LogP contribution in [0.25, 0.3) is 0 Å². The summed E-state index contributed by atoms with van der Waals surface area (Å²) in [4.78, 5) is 24.6. The number of carbonyl (C=O) groups excluding carboxylic acids is 2. The van der Waals surface area contributed by atoms with Crippen LogP contribution in [0.15, 0.2) is 0 Å². The zero-order chi connectivity index (χ0) is 61.9. The van der Waals surface area contributed by atoms with Crippen molar-refractivity contribution in [2.45, 2.75) is 229 Å². The van der Waals surface area contributed by atoms with Gasteiger partial charge in [-0.1, -0.05) is 0 Å². The number of hydrogen-bond donors (Lipinski definition) is 23. The van der Waals surface area contributed by atoms with Crippen LogP contribution in [0.3, 0.4) is 0 Å². The van der Waals surface area contributed by atoms with Crippen molar-refractivity contribution < 1.29 is 178 Å². The Balaban J connectivity index is 1.14. The number of aliphatic hydroxyl groups excluding tert-OH is 21. The second kappa shape index (κ2) is 29.9. The molecule has 0 aromatic heterocycles. The number of rotatable bonds is 21. The third-order valence-corrected chi connectivity index (χ3v) is 15.3. The highest BCUT2D eigenvalue weighted by Gasteiger charge is 2.58. The molecule has 7 aliphatic rings. The van der Waals surface area contributed by atoms with Crippen LogP contribution in [-0.4, -0.2) is 380 Å². The molecule has 2 amide bonds. The maximum absolute atomic E-state index is 12.7. The Morgan fingerprint density at radius 1 is 0.310 bits per heavy atom.